The Morgan fingerprint density at radius 3 is 2.45 bits per heavy atom. The van der Waals surface area contributed by atoms with Gasteiger partial charge in [0.25, 0.3) is 0 Å². The maximum absolute atomic E-state index is 5.62. The van der Waals surface area contributed by atoms with Gasteiger partial charge in [-0.3, -0.25) is 4.90 Å². The van der Waals surface area contributed by atoms with Crippen LogP contribution in [0.25, 0.3) is 0 Å². The van der Waals surface area contributed by atoms with Gasteiger partial charge < -0.3 is 14.8 Å². The lowest BCUT2D eigenvalue weighted by atomic mass is 9.85. The van der Waals surface area contributed by atoms with Crippen molar-refractivity contribution in [1.29, 1.82) is 0 Å². The minimum absolute atomic E-state index is 0.209. The zero-order chi connectivity index (χ0) is 21.2. The zero-order valence-electron chi connectivity index (χ0n) is 18.1. The fraction of sp³-hybridized carbons (Fsp3) is 0.857. The van der Waals surface area contributed by atoms with E-state index in [4.69, 9.17) is 15.9 Å². The van der Waals surface area contributed by atoms with E-state index in [1.54, 1.807) is 0 Å². The van der Waals surface area contributed by atoms with Gasteiger partial charge in [0.1, 0.15) is 0 Å². The zero-order valence-corrected chi connectivity index (χ0v) is 18.1. The Morgan fingerprint density at radius 1 is 1.06 bits per heavy atom. The van der Waals surface area contributed by atoms with Crippen LogP contribution in [0.1, 0.15) is 56.8 Å². The number of rotatable bonds is 9. The van der Waals surface area contributed by atoms with Crippen molar-refractivity contribution in [2.45, 2.75) is 68.2 Å². The van der Waals surface area contributed by atoms with E-state index in [-0.39, 0.29) is 17.2 Å². The van der Waals surface area contributed by atoms with Crippen molar-refractivity contribution in [3.8, 4) is 12.3 Å². The number of likely N-dealkylation sites (tertiary alicyclic amines) is 1. The summed E-state index contributed by atoms with van der Waals surface area (Å²) in [7, 11) is 0. The van der Waals surface area contributed by atoms with Crippen LogP contribution in [-0.4, -0.2) is 82.9 Å². The predicted molar refractivity (Wildman–Crippen MR) is 112 cm³/mol. The number of piperidine rings is 1. The molecule has 168 valence electrons. The number of ether oxygens (including phenoxy) is 2. The fourth-order valence-corrected chi connectivity index (χ4v) is 5.20. The van der Waals surface area contributed by atoms with E-state index in [9.17, 15) is 0 Å². The standard InChI is InChI=1S/C21H32N8O2/c1-2-3-6-21(24-25-21)7-10-22-20(8-11-28(12-9-20)17-4-13-30-15-17)19-23-26-27-29(19)18-5-14-31-16-18/h1,17-18,22H,3-16H2. The molecule has 0 amide bonds. The molecule has 0 aromatic carbocycles. The molecule has 10 heteroatoms. The van der Waals surface area contributed by atoms with Crippen LogP contribution >= 0.6 is 0 Å². The quantitative estimate of drug-likeness (QED) is 0.591. The number of aromatic nitrogens is 4. The van der Waals surface area contributed by atoms with Gasteiger partial charge in [-0.05, 0) is 36.1 Å². The Hall–Kier alpha value is -1.93. The summed E-state index contributed by atoms with van der Waals surface area (Å²) in [6.45, 7) is 5.97. The van der Waals surface area contributed by atoms with E-state index in [1.165, 1.54) is 0 Å². The van der Waals surface area contributed by atoms with Crippen LogP contribution in [0, 0.1) is 12.3 Å². The molecular formula is C21H32N8O2. The highest BCUT2D eigenvalue weighted by Gasteiger charge is 2.45. The number of tetrazole rings is 1. The average Bonchev–Trinajstić information content (AvgIpc) is 3.31. The SMILES string of the molecule is C#CCCC1(CCNC2(c3nnnn3C3CCOC3)CCN(C3CCOC3)CC2)N=N1. The highest BCUT2D eigenvalue weighted by Crippen LogP contribution is 2.38. The largest absolute Gasteiger partial charge is 0.380 e. The minimum Gasteiger partial charge on any atom is -0.380 e. The number of hydrogen-bond acceptors (Lipinski definition) is 9. The van der Waals surface area contributed by atoms with E-state index in [0.717, 1.165) is 83.8 Å². The topological polar surface area (TPSA) is 102 Å². The molecule has 10 nitrogen and oxygen atoms in total. The van der Waals surface area contributed by atoms with Crippen LogP contribution in [0.15, 0.2) is 10.2 Å². The van der Waals surface area contributed by atoms with Crippen LogP contribution in [0.4, 0.5) is 0 Å². The van der Waals surface area contributed by atoms with E-state index in [2.05, 4.69) is 41.9 Å². The lowest BCUT2D eigenvalue weighted by molar-refractivity contribution is 0.0770. The van der Waals surface area contributed by atoms with E-state index >= 15 is 0 Å². The predicted octanol–water partition coefficient (Wildman–Crippen LogP) is 1.27. The van der Waals surface area contributed by atoms with Crippen LogP contribution < -0.4 is 5.32 Å². The molecule has 2 atom stereocenters. The monoisotopic (exact) mass is 428 g/mol. The van der Waals surface area contributed by atoms with Crippen molar-refractivity contribution in [1.82, 2.24) is 30.4 Å². The van der Waals surface area contributed by atoms with Gasteiger partial charge in [-0.1, -0.05) is 0 Å². The van der Waals surface area contributed by atoms with Crippen molar-refractivity contribution in [3.05, 3.63) is 5.82 Å². The van der Waals surface area contributed by atoms with Crippen LogP contribution in [-0.2, 0) is 15.0 Å². The summed E-state index contributed by atoms with van der Waals surface area (Å²) in [5.74, 6) is 3.64. The third-order valence-electron chi connectivity index (χ3n) is 7.29. The first-order valence-electron chi connectivity index (χ1n) is 11.5. The average molecular weight is 429 g/mol. The first kappa shape index (κ1) is 20.9. The second-order valence-electron chi connectivity index (χ2n) is 9.16. The molecule has 1 N–H and O–H groups in total. The second-order valence-corrected chi connectivity index (χ2v) is 9.16. The molecule has 4 aliphatic rings. The van der Waals surface area contributed by atoms with Gasteiger partial charge in [0.2, 0.25) is 0 Å². The third kappa shape index (κ3) is 4.37. The molecule has 31 heavy (non-hydrogen) atoms. The highest BCUT2D eigenvalue weighted by molar-refractivity contribution is 5.10. The summed E-state index contributed by atoms with van der Waals surface area (Å²) in [5.41, 5.74) is -0.544. The molecule has 0 spiro atoms. The number of nitrogens with zero attached hydrogens (tertiary/aromatic N) is 7. The summed E-state index contributed by atoms with van der Waals surface area (Å²) < 4.78 is 13.2. The summed E-state index contributed by atoms with van der Waals surface area (Å²) in [6.07, 6.45) is 11.8. The summed E-state index contributed by atoms with van der Waals surface area (Å²) in [4.78, 5) is 2.57. The molecule has 5 rings (SSSR count). The van der Waals surface area contributed by atoms with Gasteiger partial charge in [0, 0.05) is 58.2 Å². The molecule has 0 radical (unpaired) electrons. The van der Waals surface area contributed by atoms with E-state index < -0.39 is 0 Å². The summed E-state index contributed by atoms with van der Waals surface area (Å²) >= 11 is 0. The van der Waals surface area contributed by atoms with Gasteiger partial charge in [0.15, 0.2) is 11.5 Å². The molecule has 3 saturated heterocycles. The molecule has 3 fully saturated rings. The highest BCUT2D eigenvalue weighted by atomic mass is 16.5. The first-order chi connectivity index (χ1) is 15.2. The molecule has 0 aliphatic carbocycles. The van der Waals surface area contributed by atoms with Gasteiger partial charge in [-0.25, -0.2) is 4.68 Å². The van der Waals surface area contributed by atoms with Crippen molar-refractivity contribution < 1.29 is 9.47 Å². The Bertz CT molecular complexity index is 808. The smallest absolute Gasteiger partial charge is 0.193 e. The summed E-state index contributed by atoms with van der Waals surface area (Å²) in [5, 5.41) is 25.4. The normalized spacial score (nSPS) is 29.3. The molecular weight excluding hydrogens is 396 g/mol. The Kier molecular flexibility index (Phi) is 6.01. The summed E-state index contributed by atoms with van der Waals surface area (Å²) in [6, 6.07) is 0.744. The Balaban J connectivity index is 1.30. The van der Waals surface area contributed by atoms with E-state index in [0.29, 0.717) is 19.1 Å². The van der Waals surface area contributed by atoms with Crippen LogP contribution in [0.3, 0.4) is 0 Å². The van der Waals surface area contributed by atoms with Crippen LogP contribution in [0.5, 0.6) is 0 Å². The molecule has 0 saturated carbocycles. The molecule has 5 heterocycles. The van der Waals surface area contributed by atoms with Gasteiger partial charge >= 0.3 is 0 Å². The Morgan fingerprint density at radius 2 is 1.81 bits per heavy atom. The maximum atomic E-state index is 5.62. The maximum Gasteiger partial charge on any atom is 0.193 e. The molecule has 1 aromatic rings. The molecule has 4 aliphatic heterocycles. The first-order valence-corrected chi connectivity index (χ1v) is 11.5. The number of terminal acetylenes is 1. The molecule has 1 aromatic heterocycles. The van der Waals surface area contributed by atoms with Gasteiger partial charge in [0.05, 0.1) is 24.8 Å². The Labute approximate surface area is 183 Å². The number of hydrogen-bond donors (Lipinski definition) is 1. The van der Waals surface area contributed by atoms with Gasteiger partial charge in [-0.2, -0.15) is 10.2 Å². The van der Waals surface area contributed by atoms with Crippen molar-refractivity contribution in [2.75, 3.05) is 46.1 Å². The molecule has 0 bridgehead atoms. The lowest BCUT2D eigenvalue weighted by Crippen LogP contribution is -2.55. The second kappa shape index (κ2) is 8.90. The van der Waals surface area contributed by atoms with Crippen LogP contribution in [0.2, 0.25) is 0 Å². The lowest BCUT2D eigenvalue weighted by Gasteiger charge is -2.43. The van der Waals surface area contributed by atoms with E-state index in [1.807, 2.05) is 4.68 Å². The van der Waals surface area contributed by atoms with Crippen molar-refractivity contribution >= 4 is 0 Å². The fourth-order valence-electron chi connectivity index (χ4n) is 5.20. The minimum atomic E-state index is -0.284. The van der Waals surface area contributed by atoms with Crippen molar-refractivity contribution in [2.24, 2.45) is 10.2 Å². The van der Waals surface area contributed by atoms with Gasteiger partial charge in [-0.15, -0.1) is 17.4 Å². The van der Waals surface area contributed by atoms with Crippen molar-refractivity contribution in [3.63, 3.8) is 0 Å². The third-order valence-corrected chi connectivity index (χ3v) is 7.29. The molecule has 2 unspecified atom stereocenters. The number of nitrogens with one attached hydrogen (secondary N) is 1.